The minimum atomic E-state index is 0.191. The molecule has 18 heavy (non-hydrogen) atoms. The van der Waals surface area contributed by atoms with E-state index in [1.54, 1.807) is 12.1 Å². The minimum absolute atomic E-state index is 0.191. The zero-order valence-corrected chi connectivity index (χ0v) is 10.1. The van der Waals surface area contributed by atoms with Crippen LogP contribution >= 0.6 is 0 Å². The molecule has 1 aliphatic rings. The number of nitrogens with zero attached hydrogens (tertiary/aromatic N) is 3. The number of hydrogen-bond acceptors (Lipinski definition) is 4. The van der Waals surface area contributed by atoms with Gasteiger partial charge in [-0.15, -0.1) is 10.2 Å². The third kappa shape index (κ3) is 2.09. The van der Waals surface area contributed by atoms with Gasteiger partial charge in [0.1, 0.15) is 17.4 Å². The van der Waals surface area contributed by atoms with Gasteiger partial charge in [0.05, 0.1) is 0 Å². The van der Waals surface area contributed by atoms with Crippen molar-refractivity contribution in [3.05, 3.63) is 41.5 Å². The predicted molar refractivity (Wildman–Crippen MR) is 67.2 cm³/mol. The maximum atomic E-state index is 9.46. The molecule has 3 N–H and O–H groups in total. The van der Waals surface area contributed by atoms with Crippen molar-refractivity contribution in [1.29, 1.82) is 0 Å². The first kappa shape index (κ1) is 11.2. The molecule has 0 radical (unpaired) electrons. The maximum Gasteiger partial charge on any atom is 0.137 e. The fourth-order valence-corrected chi connectivity index (χ4v) is 2.39. The van der Waals surface area contributed by atoms with E-state index in [2.05, 4.69) is 14.8 Å². The van der Waals surface area contributed by atoms with E-state index in [9.17, 15) is 5.11 Å². The van der Waals surface area contributed by atoms with Gasteiger partial charge in [-0.1, -0.05) is 12.1 Å². The van der Waals surface area contributed by atoms with E-state index in [0.29, 0.717) is 6.42 Å². The molecule has 0 saturated carbocycles. The van der Waals surface area contributed by atoms with Gasteiger partial charge in [-0.25, -0.2) is 0 Å². The van der Waals surface area contributed by atoms with E-state index >= 15 is 0 Å². The lowest BCUT2D eigenvalue weighted by molar-refractivity contribution is 0.445. The molecule has 5 heteroatoms. The summed E-state index contributed by atoms with van der Waals surface area (Å²) in [5.41, 5.74) is 7.01. The van der Waals surface area contributed by atoms with E-state index in [4.69, 9.17) is 5.73 Å². The van der Waals surface area contributed by atoms with Gasteiger partial charge in [-0.05, 0) is 24.1 Å². The van der Waals surface area contributed by atoms with E-state index in [1.165, 1.54) is 0 Å². The molecule has 2 aromatic rings. The van der Waals surface area contributed by atoms with Crippen molar-refractivity contribution < 1.29 is 5.11 Å². The summed E-state index contributed by atoms with van der Waals surface area (Å²) in [4.78, 5) is 0. The van der Waals surface area contributed by atoms with Crippen molar-refractivity contribution in [2.24, 2.45) is 5.73 Å². The van der Waals surface area contributed by atoms with Crippen LogP contribution < -0.4 is 5.73 Å². The Labute approximate surface area is 105 Å². The van der Waals surface area contributed by atoms with E-state index in [-0.39, 0.29) is 11.8 Å². The number of nitrogens with two attached hydrogens (primary N) is 1. The Bertz CT molecular complexity index is 564. The third-order valence-electron chi connectivity index (χ3n) is 3.33. The molecule has 0 spiro atoms. The van der Waals surface area contributed by atoms with Crippen LogP contribution in [-0.2, 0) is 19.4 Å². The summed E-state index contributed by atoms with van der Waals surface area (Å²) >= 11 is 0. The first-order valence-corrected chi connectivity index (χ1v) is 6.17. The van der Waals surface area contributed by atoms with Crippen molar-refractivity contribution in [1.82, 2.24) is 14.8 Å². The smallest absolute Gasteiger partial charge is 0.137 e. The van der Waals surface area contributed by atoms with Gasteiger partial charge in [-0.3, -0.25) is 0 Å². The highest BCUT2D eigenvalue weighted by Gasteiger charge is 2.20. The highest BCUT2D eigenvalue weighted by Crippen LogP contribution is 2.18. The molecule has 1 unspecified atom stereocenters. The van der Waals surface area contributed by atoms with Gasteiger partial charge in [0.25, 0.3) is 0 Å². The number of phenolic OH excluding ortho intramolecular Hbond substituents is 1. The maximum absolute atomic E-state index is 9.46. The van der Waals surface area contributed by atoms with Crippen molar-refractivity contribution in [2.75, 3.05) is 0 Å². The molecule has 1 aliphatic heterocycles. The van der Waals surface area contributed by atoms with Crippen LogP contribution in [0.2, 0.25) is 0 Å². The van der Waals surface area contributed by atoms with Crippen molar-refractivity contribution in [3.8, 4) is 5.75 Å². The molecular formula is C13H16N4O. The number of rotatable bonds is 2. The Morgan fingerprint density at radius 2 is 2.28 bits per heavy atom. The average Bonchev–Trinajstić information content (AvgIpc) is 2.72. The fraction of sp³-hybridized carbons (Fsp3) is 0.385. The molecule has 1 aromatic carbocycles. The normalized spacial score (nSPS) is 18.6. The van der Waals surface area contributed by atoms with Gasteiger partial charge in [-0.2, -0.15) is 0 Å². The van der Waals surface area contributed by atoms with E-state index in [0.717, 1.165) is 36.6 Å². The van der Waals surface area contributed by atoms with E-state index < -0.39 is 0 Å². The minimum Gasteiger partial charge on any atom is -0.508 e. The van der Waals surface area contributed by atoms with Crippen LogP contribution in [0.3, 0.4) is 0 Å². The van der Waals surface area contributed by atoms with Gasteiger partial charge >= 0.3 is 0 Å². The first-order chi connectivity index (χ1) is 8.72. The van der Waals surface area contributed by atoms with Crippen LogP contribution in [0, 0.1) is 0 Å². The number of fused-ring (bicyclic) bond motifs is 1. The summed E-state index contributed by atoms with van der Waals surface area (Å²) < 4.78 is 2.11. The Morgan fingerprint density at radius 1 is 1.39 bits per heavy atom. The van der Waals surface area contributed by atoms with Crippen molar-refractivity contribution in [3.63, 3.8) is 0 Å². The second-order valence-electron chi connectivity index (χ2n) is 4.79. The SMILES string of the molecule is NC1CCc2nnc(Cc3cccc(O)c3)n2C1. The summed E-state index contributed by atoms with van der Waals surface area (Å²) in [6.07, 6.45) is 2.55. The van der Waals surface area contributed by atoms with Crippen LogP contribution in [0.15, 0.2) is 24.3 Å². The number of benzene rings is 1. The second-order valence-corrected chi connectivity index (χ2v) is 4.79. The van der Waals surface area contributed by atoms with Gasteiger partial charge in [0.15, 0.2) is 0 Å². The lowest BCUT2D eigenvalue weighted by Crippen LogP contribution is -2.32. The first-order valence-electron chi connectivity index (χ1n) is 6.17. The summed E-state index contributed by atoms with van der Waals surface area (Å²) in [6, 6.07) is 7.42. The fourth-order valence-electron chi connectivity index (χ4n) is 2.39. The van der Waals surface area contributed by atoms with Crippen LogP contribution in [0.1, 0.15) is 23.6 Å². The number of hydrogen-bond donors (Lipinski definition) is 2. The Hall–Kier alpha value is -1.88. The van der Waals surface area contributed by atoms with Gasteiger partial charge in [0, 0.05) is 25.4 Å². The topological polar surface area (TPSA) is 77.0 Å². The molecule has 0 aliphatic carbocycles. The Morgan fingerprint density at radius 3 is 3.11 bits per heavy atom. The highest BCUT2D eigenvalue weighted by molar-refractivity contribution is 5.29. The molecule has 2 heterocycles. The van der Waals surface area contributed by atoms with Crippen LogP contribution in [0.4, 0.5) is 0 Å². The van der Waals surface area contributed by atoms with Crippen molar-refractivity contribution in [2.45, 2.75) is 31.8 Å². The Kier molecular flexibility index (Phi) is 2.76. The van der Waals surface area contributed by atoms with Crippen LogP contribution in [-0.4, -0.2) is 25.9 Å². The Balaban J connectivity index is 1.87. The van der Waals surface area contributed by atoms with Crippen LogP contribution in [0.5, 0.6) is 5.75 Å². The molecule has 94 valence electrons. The molecular weight excluding hydrogens is 228 g/mol. The molecule has 5 nitrogen and oxygen atoms in total. The van der Waals surface area contributed by atoms with Gasteiger partial charge in [0.2, 0.25) is 0 Å². The quantitative estimate of drug-likeness (QED) is 0.821. The zero-order chi connectivity index (χ0) is 12.5. The summed E-state index contributed by atoms with van der Waals surface area (Å²) in [6.45, 7) is 0.788. The van der Waals surface area contributed by atoms with Crippen LogP contribution in [0.25, 0.3) is 0 Å². The molecule has 0 fully saturated rings. The summed E-state index contributed by atoms with van der Waals surface area (Å²) in [7, 11) is 0. The number of aromatic nitrogens is 3. The largest absolute Gasteiger partial charge is 0.508 e. The summed E-state index contributed by atoms with van der Waals surface area (Å²) in [5.74, 6) is 2.22. The van der Waals surface area contributed by atoms with Crippen molar-refractivity contribution >= 4 is 0 Å². The molecule has 0 saturated heterocycles. The lowest BCUT2D eigenvalue weighted by atomic mass is 10.1. The molecule has 1 aromatic heterocycles. The monoisotopic (exact) mass is 244 g/mol. The predicted octanol–water partition coefficient (Wildman–Crippen LogP) is 0.848. The molecule has 3 rings (SSSR count). The summed E-state index contributed by atoms with van der Waals surface area (Å²) in [5, 5.41) is 17.9. The standard InChI is InChI=1S/C13H16N4O/c14-10-4-5-12-15-16-13(17(12)8-10)7-9-2-1-3-11(18)6-9/h1-3,6,10,18H,4-5,7-8,14H2. The average molecular weight is 244 g/mol. The third-order valence-corrected chi connectivity index (χ3v) is 3.33. The van der Waals surface area contributed by atoms with Gasteiger partial charge < -0.3 is 15.4 Å². The molecule has 0 bridgehead atoms. The molecule has 0 amide bonds. The van der Waals surface area contributed by atoms with E-state index in [1.807, 2.05) is 12.1 Å². The molecule has 1 atom stereocenters. The lowest BCUT2D eigenvalue weighted by Gasteiger charge is -2.20. The highest BCUT2D eigenvalue weighted by atomic mass is 16.3. The zero-order valence-electron chi connectivity index (χ0n) is 10.1. The number of aryl methyl sites for hydroxylation is 1. The second kappa shape index (κ2) is 4.42. The number of phenols is 1. The number of aromatic hydroxyl groups is 1.